The first-order chi connectivity index (χ1) is 13.5. The number of amides is 1. The number of rotatable bonds is 5. The highest BCUT2D eigenvalue weighted by Crippen LogP contribution is 2.27. The smallest absolute Gasteiger partial charge is 0.295 e. The number of imidazole rings is 1. The molecule has 4 rings (SSSR count). The zero-order chi connectivity index (χ0) is 19.8. The molecule has 1 atom stereocenters. The Hall–Kier alpha value is -3.11. The van der Waals surface area contributed by atoms with E-state index in [1.165, 1.54) is 10.9 Å². The number of halogens is 2. The molecule has 1 saturated heterocycles. The molecule has 148 valence electrons. The predicted octanol–water partition coefficient (Wildman–Crippen LogP) is 1.84. The molecule has 1 N–H and O–H groups in total. The van der Waals surface area contributed by atoms with Crippen molar-refractivity contribution in [1.29, 1.82) is 0 Å². The number of aryl methyl sites for hydroxylation is 2. The van der Waals surface area contributed by atoms with Crippen LogP contribution in [0.3, 0.4) is 0 Å². The van der Waals surface area contributed by atoms with Gasteiger partial charge in [0.25, 0.3) is 12.3 Å². The molecule has 0 bridgehead atoms. The van der Waals surface area contributed by atoms with Crippen molar-refractivity contribution in [1.82, 2.24) is 34.2 Å². The fourth-order valence-corrected chi connectivity index (χ4v) is 3.48. The number of hydrogen-bond acceptors (Lipinski definition) is 6. The van der Waals surface area contributed by atoms with E-state index in [9.17, 15) is 13.6 Å². The van der Waals surface area contributed by atoms with Gasteiger partial charge in [-0.2, -0.15) is 5.10 Å². The Balaban J connectivity index is 1.53. The largest absolute Gasteiger partial charge is 0.364 e. The molecule has 11 heteroatoms. The second kappa shape index (κ2) is 7.13. The van der Waals surface area contributed by atoms with Gasteiger partial charge in [-0.15, -0.1) is 0 Å². The van der Waals surface area contributed by atoms with Crippen molar-refractivity contribution in [2.24, 2.45) is 7.05 Å². The number of aromatic nitrogens is 6. The summed E-state index contributed by atoms with van der Waals surface area (Å²) in [4.78, 5) is 26.6. The normalized spacial score (nSPS) is 17.0. The van der Waals surface area contributed by atoms with Gasteiger partial charge in [-0.05, 0) is 19.4 Å². The van der Waals surface area contributed by atoms with E-state index in [4.69, 9.17) is 0 Å². The van der Waals surface area contributed by atoms with Crippen LogP contribution in [0.2, 0.25) is 0 Å². The summed E-state index contributed by atoms with van der Waals surface area (Å²) in [5.74, 6) is -0.0522. The van der Waals surface area contributed by atoms with Crippen LogP contribution in [0.5, 0.6) is 0 Å². The molecule has 3 aromatic rings. The topological polar surface area (TPSA) is 93.8 Å². The third-order valence-electron chi connectivity index (χ3n) is 4.82. The molecule has 1 aliphatic rings. The lowest BCUT2D eigenvalue weighted by molar-refractivity contribution is 0.0785. The first-order valence-corrected chi connectivity index (χ1v) is 9.02. The number of carbonyl (C=O) groups excluding carboxylic acids is 1. The molecule has 0 aliphatic carbocycles. The maximum atomic E-state index is 13.3. The third kappa shape index (κ3) is 3.16. The maximum Gasteiger partial charge on any atom is 0.295 e. The van der Waals surface area contributed by atoms with Crippen LogP contribution in [-0.4, -0.2) is 59.2 Å². The highest BCUT2D eigenvalue weighted by molar-refractivity contribution is 5.92. The van der Waals surface area contributed by atoms with Crippen LogP contribution in [-0.2, 0) is 13.6 Å². The molecule has 1 amide bonds. The predicted molar refractivity (Wildman–Crippen MR) is 97.1 cm³/mol. The molecule has 0 spiro atoms. The molecule has 1 aliphatic heterocycles. The van der Waals surface area contributed by atoms with Crippen LogP contribution in [0.15, 0.2) is 18.6 Å². The van der Waals surface area contributed by atoms with Crippen molar-refractivity contribution in [2.45, 2.75) is 32.4 Å². The summed E-state index contributed by atoms with van der Waals surface area (Å²) in [5.41, 5.74) is 1.08. The zero-order valence-corrected chi connectivity index (χ0v) is 15.5. The average molecular weight is 390 g/mol. The standard InChI is InChI=1S/C17H20F2N8O/c1-3-27-15-12(23-16(27)13(18)19)14(20-9-21-15)22-10-4-7-26(8-10)17(28)11-5-6-25(2)24-11/h5-6,9-10,13H,3-4,7-8H2,1-2H3,(H,20,21,22). The van der Waals surface area contributed by atoms with Crippen molar-refractivity contribution < 1.29 is 13.6 Å². The SMILES string of the molecule is CCn1c(C(F)F)nc2c(NC3CCN(C(=O)c4ccn(C)n4)C3)ncnc21. The molecule has 1 unspecified atom stereocenters. The fraction of sp³-hybridized carbons (Fsp3) is 0.471. The molecular formula is C17H20F2N8O. The highest BCUT2D eigenvalue weighted by Gasteiger charge is 2.29. The Kier molecular flexibility index (Phi) is 4.65. The Morgan fingerprint density at radius 3 is 2.89 bits per heavy atom. The van der Waals surface area contributed by atoms with Crippen molar-refractivity contribution >= 4 is 22.9 Å². The first-order valence-electron chi connectivity index (χ1n) is 9.02. The fourth-order valence-electron chi connectivity index (χ4n) is 3.48. The van der Waals surface area contributed by atoms with Crippen LogP contribution >= 0.6 is 0 Å². The summed E-state index contributed by atoms with van der Waals surface area (Å²) in [7, 11) is 1.76. The van der Waals surface area contributed by atoms with E-state index in [1.54, 1.807) is 35.8 Å². The minimum atomic E-state index is -2.69. The van der Waals surface area contributed by atoms with Gasteiger partial charge >= 0.3 is 0 Å². The number of likely N-dealkylation sites (tertiary alicyclic amines) is 1. The minimum Gasteiger partial charge on any atom is -0.364 e. The maximum absolute atomic E-state index is 13.3. The molecule has 0 saturated carbocycles. The number of anilines is 1. The van der Waals surface area contributed by atoms with Crippen molar-refractivity contribution in [3.8, 4) is 0 Å². The second-order valence-corrected chi connectivity index (χ2v) is 6.67. The van der Waals surface area contributed by atoms with Gasteiger partial charge in [0.2, 0.25) is 0 Å². The Morgan fingerprint density at radius 1 is 1.39 bits per heavy atom. The van der Waals surface area contributed by atoms with E-state index < -0.39 is 6.43 Å². The number of hydrogen-bond donors (Lipinski definition) is 1. The van der Waals surface area contributed by atoms with Crippen molar-refractivity contribution in [3.05, 3.63) is 30.1 Å². The van der Waals surface area contributed by atoms with Gasteiger partial charge in [0.15, 0.2) is 22.8 Å². The lowest BCUT2D eigenvalue weighted by atomic mass is 10.2. The summed E-state index contributed by atoms with van der Waals surface area (Å²) in [6.45, 7) is 3.15. The van der Waals surface area contributed by atoms with Crippen molar-refractivity contribution in [3.63, 3.8) is 0 Å². The molecule has 4 heterocycles. The van der Waals surface area contributed by atoms with E-state index in [1.807, 2.05) is 0 Å². The lowest BCUT2D eigenvalue weighted by Crippen LogP contribution is -2.32. The number of alkyl halides is 2. The number of carbonyl (C=O) groups is 1. The van der Waals surface area contributed by atoms with Gasteiger partial charge in [0.05, 0.1) is 0 Å². The highest BCUT2D eigenvalue weighted by atomic mass is 19.3. The monoisotopic (exact) mass is 390 g/mol. The van der Waals surface area contributed by atoms with Crippen LogP contribution in [0.1, 0.15) is 36.1 Å². The van der Waals surface area contributed by atoms with Gasteiger partial charge in [-0.1, -0.05) is 0 Å². The van der Waals surface area contributed by atoms with E-state index in [2.05, 4.69) is 25.4 Å². The second-order valence-electron chi connectivity index (χ2n) is 6.67. The molecule has 0 aromatic carbocycles. The third-order valence-corrected chi connectivity index (χ3v) is 4.82. The summed E-state index contributed by atoms with van der Waals surface area (Å²) in [6, 6.07) is 1.62. The lowest BCUT2D eigenvalue weighted by Gasteiger charge is -2.16. The molecule has 0 radical (unpaired) electrons. The van der Waals surface area contributed by atoms with Crippen LogP contribution in [0, 0.1) is 0 Å². The molecule has 9 nitrogen and oxygen atoms in total. The molecule has 3 aromatic heterocycles. The quantitative estimate of drug-likeness (QED) is 0.715. The van der Waals surface area contributed by atoms with Crippen molar-refractivity contribution in [2.75, 3.05) is 18.4 Å². The van der Waals surface area contributed by atoms with E-state index in [0.717, 1.165) is 0 Å². The van der Waals surface area contributed by atoms with Crippen LogP contribution < -0.4 is 5.32 Å². The summed E-state index contributed by atoms with van der Waals surface area (Å²) in [5, 5.41) is 7.38. The van der Waals surface area contributed by atoms with E-state index in [0.29, 0.717) is 48.7 Å². The average Bonchev–Trinajstić information content (AvgIpc) is 3.39. The van der Waals surface area contributed by atoms with E-state index >= 15 is 0 Å². The van der Waals surface area contributed by atoms with Crippen LogP contribution in [0.4, 0.5) is 14.6 Å². The number of nitrogens with one attached hydrogen (secondary N) is 1. The van der Waals surface area contributed by atoms with Gasteiger partial charge in [0, 0.05) is 38.9 Å². The minimum absolute atomic E-state index is 0.0625. The number of fused-ring (bicyclic) bond motifs is 1. The molecule has 28 heavy (non-hydrogen) atoms. The van der Waals surface area contributed by atoms with Gasteiger partial charge in [-0.25, -0.2) is 23.7 Å². The summed E-state index contributed by atoms with van der Waals surface area (Å²) < 4.78 is 29.5. The molecular weight excluding hydrogens is 370 g/mol. The Bertz CT molecular complexity index is 1010. The summed E-state index contributed by atoms with van der Waals surface area (Å²) in [6.07, 6.45) is 1.07. The van der Waals surface area contributed by atoms with Crippen LogP contribution in [0.25, 0.3) is 11.2 Å². The molecule has 1 fully saturated rings. The Morgan fingerprint density at radius 2 is 2.21 bits per heavy atom. The summed E-state index contributed by atoms with van der Waals surface area (Å²) >= 11 is 0. The van der Waals surface area contributed by atoms with Gasteiger partial charge < -0.3 is 14.8 Å². The zero-order valence-electron chi connectivity index (χ0n) is 15.5. The number of nitrogens with zero attached hydrogens (tertiary/aromatic N) is 7. The first kappa shape index (κ1) is 18.3. The van der Waals surface area contributed by atoms with Gasteiger partial charge in [0.1, 0.15) is 12.0 Å². The van der Waals surface area contributed by atoms with E-state index in [-0.39, 0.29) is 17.8 Å². The Labute approximate surface area is 159 Å². The van der Waals surface area contributed by atoms with Gasteiger partial charge in [-0.3, -0.25) is 9.48 Å².